The minimum absolute atomic E-state index is 0.418. The highest BCUT2D eigenvalue weighted by atomic mass is 16.5. The molecule has 6 nitrogen and oxygen atoms in total. The molecule has 160 valence electrons. The van der Waals surface area contributed by atoms with Gasteiger partial charge in [0.05, 0.1) is 48.5 Å². The van der Waals surface area contributed by atoms with Crippen LogP contribution in [0.15, 0.2) is 60.7 Å². The second kappa shape index (κ2) is 8.94. The van der Waals surface area contributed by atoms with Gasteiger partial charge in [-0.05, 0) is 48.7 Å². The first-order chi connectivity index (χ1) is 15.5. The highest BCUT2D eigenvalue weighted by Gasteiger charge is 2.19. The molecule has 0 radical (unpaired) electrons. The van der Waals surface area contributed by atoms with Crippen molar-refractivity contribution < 1.29 is 14.3 Å². The van der Waals surface area contributed by atoms with Crippen LogP contribution in [0.25, 0.3) is 22.2 Å². The average Bonchev–Trinajstić information content (AvgIpc) is 3.16. The van der Waals surface area contributed by atoms with Gasteiger partial charge in [0, 0.05) is 0 Å². The molecule has 4 aromatic rings. The molecule has 0 N–H and O–H groups in total. The third-order valence-electron chi connectivity index (χ3n) is 5.31. The molecule has 0 aliphatic rings. The van der Waals surface area contributed by atoms with Crippen LogP contribution in [0.2, 0.25) is 0 Å². The van der Waals surface area contributed by atoms with E-state index in [9.17, 15) is 10.1 Å². The van der Waals surface area contributed by atoms with Crippen molar-refractivity contribution in [3.05, 3.63) is 82.9 Å². The number of carbonyl (C=O) groups excluding carboxylic acids is 1. The Balaban J connectivity index is 1.75. The van der Waals surface area contributed by atoms with E-state index in [1.165, 1.54) is 7.11 Å². The molecule has 6 heteroatoms. The molecule has 0 bridgehead atoms. The van der Waals surface area contributed by atoms with E-state index in [4.69, 9.17) is 9.47 Å². The number of esters is 1. The Morgan fingerprint density at radius 3 is 2.59 bits per heavy atom. The van der Waals surface area contributed by atoms with Crippen molar-refractivity contribution in [1.29, 1.82) is 5.26 Å². The molecule has 0 atom stereocenters. The summed E-state index contributed by atoms with van der Waals surface area (Å²) in [5.74, 6) is -0.418. The summed E-state index contributed by atoms with van der Waals surface area (Å²) in [6.45, 7) is 4.84. The molecule has 0 amide bonds. The van der Waals surface area contributed by atoms with Crippen LogP contribution in [0.1, 0.15) is 34.0 Å². The lowest BCUT2D eigenvalue weighted by Crippen LogP contribution is -2.09. The van der Waals surface area contributed by atoms with Crippen LogP contribution in [0.4, 0.5) is 0 Å². The summed E-state index contributed by atoms with van der Waals surface area (Å²) in [6.07, 6.45) is 0. The summed E-state index contributed by atoms with van der Waals surface area (Å²) in [7, 11) is 1.37. The van der Waals surface area contributed by atoms with Gasteiger partial charge in [-0.15, -0.1) is 0 Å². The number of hydrogen-bond acceptors (Lipinski definition) is 5. The summed E-state index contributed by atoms with van der Waals surface area (Å²) in [6, 6.07) is 21.9. The summed E-state index contributed by atoms with van der Waals surface area (Å²) >= 11 is 0. The highest BCUT2D eigenvalue weighted by molar-refractivity contribution is 6.02. The monoisotopic (exact) mass is 425 g/mol. The molecule has 1 aromatic heterocycles. The minimum atomic E-state index is -0.418. The maximum absolute atomic E-state index is 12.4. The zero-order valence-corrected chi connectivity index (χ0v) is 18.3. The number of ether oxygens (including phenoxy) is 2. The molecule has 3 aromatic carbocycles. The lowest BCUT2D eigenvalue weighted by molar-refractivity contribution is 0.0602. The normalized spacial score (nSPS) is 10.7. The smallest absolute Gasteiger partial charge is 0.340 e. The number of nitrogens with zero attached hydrogens (tertiary/aromatic N) is 3. The van der Waals surface area contributed by atoms with Crippen LogP contribution in [0.3, 0.4) is 0 Å². The second-order valence-electron chi connectivity index (χ2n) is 7.44. The van der Waals surface area contributed by atoms with Crippen LogP contribution < -0.4 is 4.74 Å². The van der Waals surface area contributed by atoms with E-state index in [-0.39, 0.29) is 0 Å². The number of methoxy groups -OCH3 is 1. The predicted molar refractivity (Wildman–Crippen MR) is 123 cm³/mol. The number of aromatic nitrogens is 2. The fourth-order valence-electron chi connectivity index (χ4n) is 3.79. The number of nitriles is 1. The van der Waals surface area contributed by atoms with Crippen molar-refractivity contribution >= 4 is 17.0 Å². The van der Waals surface area contributed by atoms with Crippen molar-refractivity contribution in [2.24, 2.45) is 0 Å². The Morgan fingerprint density at radius 2 is 1.91 bits per heavy atom. The molecule has 0 saturated carbocycles. The number of hydrogen-bond donors (Lipinski definition) is 0. The van der Waals surface area contributed by atoms with Crippen molar-refractivity contribution in [2.45, 2.75) is 20.4 Å². The largest absolute Gasteiger partial charge is 0.465 e. The molecule has 4 rings (SSSR count). The van der Waals surface area contributed by atoms with Crippen LogP contribution >= 0.6 is 0 Å². The lowest BCUT2D eigenvalue weighted by Gasteiger charge is -2.12. The SMILES string of the molecule is CCOc1nc2cccc(C(=O)OC)c2n1Cc1ccc(-c2cc(C)ccc2C#N)cc1. The van der Waals surface area contributed by atoms with Gasteiger partial charge in [-0.1, -0.05) is 48.0 Å². The molecule has 0 spiro atoms. The van der Waals surface area contributed by atoms with E-state index in [1.807, 2.05) is 66.9 Å². The van der Waals surface area contributed by atoms with Crippen molar-refractivity contribution in [3.8, 4) is 23.2 Å². The predicted octanol–water partition coefficient (Wildman–Crippen LogP) is 5.12. The van der Waals surface area contributed by atoms with E-state index in [0.29, 0.717) is 41.3 Å². The molecule has 0 saturated heterocycles. The zero-order chi connectivity index (χ0) is 22.7. The topological polar surface area (TPSA) is 77.1 Å². The Kier molecular flexibility index (Phi) is 5.91. The Hall–Kier alpha value is -4.11. The average molecular weight is 425 g/mol. The number of rotatable bonds is 6. The van der Waals surface area contributed by atoms with Gasteiger partial charge in [-0.2, -0.15) is 10.2 Å². The molecule has 0 fully saturated rings. The van der Waals surface area contributed by atoms with E-state index < -0.39 is 5.97 Å². The van der Waals surface area contributed by atoms with Crippen LogP contribution in [0, 0.1) is 18.3 Å². The fourth-order valence-corrected chi connectivity index (χ4v) is 3.79. The summed E-state index contributed by atoms with van der Waals surface area (Å²) in [4.78, 5) is 16.9. The first-order valence-electron chi connectivity index (χ1n) is 10.4. The standard InChI is InChI=1S/C26H23N3O3/c1-4-32-26-28-23-7-5-6-21(25(30)31-3)24(23)29(26)16-18-9-12-19(13-10-18)22-14-17(2)8-11-20(22)15-27/h5-14H,4,16H2,1-3H3. The van der Waals surface area contributed by atoms with E-state index in [2.05, 4.69) is 11.1 Å². The number of imidazole rings is 1. The van der Waals surface area contributed by atoms with Gasteiger partial charge in [0.2, 0.25) is 0 Å². The van der Waals surface area contributed by atoms with Crippen molar-refractivity contribution in [1.82, 2.24) is 9.55 Å². The van der Waals surface area contributed by atoms with Crippen LogP contribution in [-0.4, -0.2) is 29.2 Å². The maximum atomic E-state index is 12.4. The van der Waals surface area contributed by atoms with Gasteiger partial charge >= 0.3 is 5.97 Å². The van der Waals surface area contributed by atoms with Gasteiger partial charge in [0.1, 0.15) is 0 Å². The number of benzene rings is 3. The number of carbonyl (C=O) groups is 1. The minimum Gasteiger partial charge on any atom is -0.465 e. The highest BCUT2D eigenvalue weighted by Crippen LogP contribution is 2.28. The molecule has 0 aliphatic heterocycles. The fraction of sp³-hybridized carbons (Fsp3) is 0.192. The van der Waals surface area contributed by atoms with Crippen molar-refractivity contribution in [2.75, 3.05) is 13.7 Å². The molecule has 0 aliphatic carbocycles. The van der Waals surface area contributed by atoms with Gasteiger partial charge in [0.25, 0.3) is 6.01 Å². The molecular weight excluding hydrogens is 402 g/mol. The Bertz CT molecular complexity index is 1330. The number of fused-ring (bicyclic) bond motifs is 1. The van der Waals surface area contributed by atoms with Crippen LogP contribution in [-0.2, 0) is 11.3 Å². The first kappa shape index (κ1) is 21.1. The Labute approximate surface area is 186 Å². The molecular formula is C26H23N3O3. The molecule has 1 heterocycles. The van der Waals surface area contributed by atoms with Gasteiger partial charge in [-0.3, -0.25) is 4.57 Å². The third-order valence-corrected chi connectivity index (χ3v) is 5.31. The third kappa shape index (κ3) is 3.93. The number of para-hydroxylation sites is 1. The van der Waals surface area contributed by atoms with E-state index in [1.54, 1.807) is 12.1 Å². The molecule has 0 unspecified atom stereocenters. The first-order valence-corrected chi connectivity index (χ1v) is 10.4. The Morgan fingerprint density at radius 1 is 1.12 bits per heavy atom. The second-order valence-corrected chi connectivity index (χ2v) is 7.44. The summed E-state index contributed by atoms with van der Waals surface area (Å²) in [5.41, 5.74) is 6.44. The van der Waals surface area contributed by atoms with E-state index >= 15 is 0 Å². The quantitative estimate of drug-likeness (QED) is 0.401. The maximum Gasteiger partial charge on any atom is 0.340 e. The van der Waals surface area contributed by atoms with Gasteiger partial charge in [0.15, 0.2) is 0 Å². The van der Waals surface area contributed by atoms with E-state index in [0.717, 1.165) is 22.3 Å². The van der Waals surface area contributed by atoms with Crippen molar-refractivity contribution in [3.63, 3.8) is 0 Å². The molecule has 32 heavy (non-hydrogen) atoms. The lowest BCUT2D eigenvalue weighted by atomic mass is 9.97. The number of aryl methyl sites for hydroxylation is 1. The van der Waals surface area contributed by atoms with Gasteiger partial charge < -0.3 is 9.47 Å². The van der Waals surface area contributed by atoms with Gasteiger partial charge in [-0.25, -0.2) is 4.79 Å². The summed E-state index contributed by atoms with van der Waals surface area (Å²) < 4.78 is 12.6. The van der Waals surface area contributed by atoms with Crippen LogP contribution in [0.5, 0.6) is 6.01 Å². The zero-order valence-electron chi connectivity index (χ0n) is 18.3. The summed E-state index contributed by atoms with van der Waals surface area (Å²) in [5, 5.41) is 9.46.